The first-order valence-electron chi connectivity index (χ1n) is 10.8. The van der Waals surface area contributed by atoms with Crippen molar-refractivity contribution in [1.29, 1.82) is 0 Å². The van der Waals surface area contributed by atoms with Crippen LogP contribution in [0.15, 0.2) is 84.9 Å². The zero-order chi connectivity index (χ0) is 22.1. The molecule has 0 aromatic heterocycles. The summed E-state index contributed by atoms with van der Waals surface area (Å²) in [7, 11) is 3.97. The van der Waals surface area contributed by atoms with E-state index in [9.17, 15) is 0 Å². The van der Waals surface area contributed by atoms with Crippen LogP contribution in [0.4, 0.5) is 8.78 Å². The van der Waals surface area contributed by atoms with Crippen LogP contribution in [0.2, 0.25) is 0 Å². The molecule has 162 valence electrons. The number of halogens is 2. The predicted octanol–water partition coefficient (Wildman–Crippen LogP) is 5.91. The highest BCUT2D eigenvalue weighted by molar-refractivity contribution is 5.65. The van der Waals surface area contributed by atoms with E-state index in [1.165, 1.54) is 0 Å². The first-order chi connectivity index (χ1) is 14.9. The fourth-order valence-electron chi connectivity index (χ4n) is 5.21. The van der Waals surface area contributed by atoms with Crippen LogP contribution in [-0.4, -0.2) is 38.1 Å². The highest BCUT2D eigenvalue weighted by Gasteiger charge is 2.91. The van der Waals surface area contributed by atoms with Crippen LogP contribution >= 0.6 is 0 Å². The average molecular weight is 422 g/mol. The third kappa shape index (κ3) is 3.08. The maximum Gasteiger partial charge on any atom is 0.273 e. The molecular formula is C27H29F2NO. The van der Waals surface area contributed by atoms with E-state index in [2.05, 4.69) is 0 Å². The molecule has 2 nitrogen and oxygen atoms in total. The number of ether oxygens (including phenoxy) is 1. The van der Waals surface area contributed by atoms with Crippen molar-refractivity contribution < 1.29 is 13.5 Å². The molecule has 0 N–H and O–H groups in total. The van der Waals surface area contributed by atoms with E-state index in [0.29, 0.717) is 35.5 Å². The van der Waals surface area contributed by atoms with Crippen LogP contribution in [0.3, 0.4) is 0 Å². The molecule has 0 amide bonds. The van der Waals surface area contributed by atoms with Crippen molar-refractivity contribution in [3.05, 3.63) is 102 Å². The molecule has 0 bridgehead atoms. The Kier molecular flexibility index (Phi) is 5.61. The molecule has 0 aliphatic heterocycles. The van der Waals surface area contributed by atoms with Crippen LogP contribution in [0.25, 0.3) is 0 Å². The van der Waals surface area contributed by atoms with Gasteiger partial charge in [-0.2, -0.15) is 0 Å². The number of alkyl halides is 2. The van der Waals surface area contributed by atoms with Crippen molar-refractivity contribution in [3.8, 4) is 5.75 Å². The summed E-state index contributed by atoms with van der Waals surface area (Å²) >= 11 is 0. The highest BCUT2D eigenvalue weighted by Crippen LogP contribution is 2.79. The lowest BCUT2D eigenvalue weighted by molar-refractivity contribution is 0.0734. The van der Waals surface area contributed by atoms with Gasteiger partial charge in [0, 0.05) is 6.54 Å². The second-order valence-electron chi connectivity index (χ2n) is 8.49. The Bertz CT molecular complexity index is 1000. The standard InChI is InChI=1S/C27H29F2NO/c1-4-25(21-11-7-5-8-12-21)26(27(25,28)29,22-13-9-6-10-14-22)23-15-17-24(18-16-23)31-20-19-30(2)3/h5-18H,4,19-20H2,1-3H3. The van der Waals surface area contributed by atoms with Crippen molar-refractivity contribution in [1.82, 2.24) is 4.90 Å². The average Bonchev–Trinajstić information content (AvgIpc) is 3.26. The topological polar surface area (TPSA) is 12.5 Å². The lowest BCUT2D eigenvalue weighted by Crippen LogP contribution is -2.23. The molecule has 1 aliphatic rings. The van der Waals surface area contributed by atoms with Crippen LogP contribution in [-0.2, 0) is 10.8 Å². The molecule has 4 heteroatoms. The molecule has 0 spiro atoms. The number of hydrogen-bond acceptors (Lipinski definition) is 2. The Hall–Kier alpha value is -2.72. The van der Waals surface area contributed by atoms with E-state index >= 15 is 8.78 Å². The molecule has 0 saturated heterocycles. The summed E-state index contributed by atoms with van der Waals surface area (Å²) in [4.78, 5) is 2.04. The molecule has 0 heterocycles. The smallest absolute Gasteiger partial charge is 0.273 e. The summed E-state index contributed by atoms with van der Waals surface area (Å²) in [6.07, 6.45) is 0.333. The van der Waals surface area contributed by atoms with Gasteiger partial charge >= 0.3 is 0 Å². The van der Waals surface area contributed by atoms with Gasteiger partial charge in [0.05, 0.1) is 5.41 Å². The van der Waals surface area contributed by atoms with Crippen molar-refractivity contribution in [3.63, 3.8) is 0 Å². The fraction of sp³-hybridized carbons (Fsp3) is 0.333. The molecule has 3 aromatic carbocycles. The normalized spacial score (nSPS) is 24.2. The van der Waals surface area contributed by atoms with Gasteiger partial charge in [-0.1, -0.05) is 79.7 Å². The first kappa shape index (κ1) is 21.5. The molecule has 1 fully saturated rings. The van der Waals surface area contributed by atoms with Gasteiger partial charge in [0.1, 0.15) is 17.8 Å². The molecule has 3 aromatic rings. The Balaban J connectivity index is 1.82. The SMILES string of the molecule is CCC1(c2ccccc2)C(F)(F)C1(c1ccccc1)c1ccc(OCCN(C)C)cc1. The van der Waals surface area contributed by atoms with Gasteiger partial charge in [-0.05, 0) is 49.3 Å². The molecule has 0 radical (unpaired) electrons. The summed E-state index contributed by atoms with van der Waals surface area (Å²) in [5.41, 5.74) is -0.769. The minimum Gasteiger partial charge on any atom is -0.492 e. The third-order valence-corrected chi connectivity index (χ3v) is 6.68. The summed E-state index contributed by atoms with van der Waals surface area (Å²) in [6.45, 7) is 3.21. The minimum absolute atomic E-state index is 0.333. The predicted molar refractivity (Wildman–Crippen MR) is 121 cm³/mol. The van der Waals surface area contributed by atoms with Gasteiger partial charge in [-0.3, -0.25) is 0 Å². The Labute approximate surface area is 183 Å². The summed E-state index contributed by atoms with van der Waals surface area (Å²) in [5, 5.41) is 0. The summed E-state index contributed by atoms with van der Waals surface area (Å²) < 4.78 is 38.2. The van der Waals surface area contributed by atoms with Crippen molar-refractivity contribution in [2.75, 3.05) is 27.2 Å². The fourth-order valence-corrected chi connectivity index (χ4v) is 5.21. The molecule has 2 unspecified atom stereocenters. The van der Waals surface area contributed by atoms with Gasteiger partial charge in [-0.15, -0.1) is 0 Å². The van der Waals surface area contributed by atoms with E-state index < -0.39 is 16.8 Å². The van der Waals surface area contributed by atoms with Crippen LogP contribution in [0, 0.1) is 0 Å². The lowest BCUT2D eigenvalue weighted by Gasteiger charge is -2.24. The van der Waals surface area contributed by atoms with E-state index in [1.54, 1.807) is 0 Å². The molecule has 1 aliphatic carbocycles. The molecule has 1 saturated carbocycles. The second-order valence-corrected chi connectivity index (χ2v) is 8.49. The largest absolute Gasteiger partial charge is 0.492 e. The molecule has 31 heavy (non-hydrogen) atoms. The maximum atomic E-state index is 16.2. The van der Waals surface area contributed by atoms with Gasteiger partial charge in [0.15, 0.2) is 0 Å². The third-order valence-electron chi connectivity index (χ3n) is 6.68. The molecular weight excluding hydrogens is 392 g/mol. The number of rotatable bonds is 8. The van der Waals surface area contributed by atoms with Crippen molar-refractivity contribution in [2.45, 2.75) is 30.1 Å². The Morgan fingerprint density at radius 3 is 1.77 bits per heavy atom. The van der Waals surface area contributed by atoms with Crippen molar-refractivity contribution >= 4 is 0 Å². The van der Waals surface area contributed by atoms with Crippen LogP contribution < -0.4 is 4.74 Å². The highest BCUT2D eigenvalue weighted by atomic mass is 19.3. The monoisotopic (exact) mass is 421 g/mol. The van der Waals surface area contributed by atoms with E-state index in [1.807, 2.05) is 111 Å². The van der Waals surface area contributed by atoms with Gasteiger partial charge in [-0.25, -0.2) is 8.78 Å². The van der Waals surface area contributed by atoms with Gasteiger partial charge in [0.25, 0.3) is 5.92 Å². The van der Waals surface area contributed by atoms with Crippen LogP contribution in [0.1, 0.15) is 30.0 Å². The van der Waals surface area contributed by atoms with Gasteiger partial charge in [0.2, 0.25) is 0 Å². The summed E-state index contributed by atoms with van der Waals surface area (Å²) in [5.74, 6) is -2.23. The van der Waals surface area contributed by atoms with Crippen molar-refractivity contribution in [2.24, 2.45) is 0 Å². The first-order valence-corrected chi connectivity index (χ1v) is 10.8. The van der Waals surface area contributed by atoms with E-state index in [4.69, 9.17) is 4.74 Å². The number of nitrogens with zero attached hydrogens (tertiary/aromatic N) is 1. The number of benzene rings is 3. The second kappa shape index (κ2) is 8.08. The Morgan fingerprint density at radius 2 is 1.26 bits per heavy atom. The van der Waals surface area contributed by atoms with E-state index in [0.717, 1.165) is 6.54 Å². The maximum absolute atomic E-state index is 16.2. The molecule has 2 atom stereocenters. The van der Waals surface area contributed by atoms with Crippen LogP contribution in [0.5, 0.6) is 5.75 Å². The molecule has 4 rings (SSSR count). The van der Waals surface area contributed by atoms with Gasteiger partial charge < -0.3 is 9.64 Å². The number of likely N-dealkylation sites (N-methyl/N-ethyl adjacent to an activating group) is 1. The summed E-state index contributed by atoms with van der Waals surface area (Å²) in [6, 6.07) is 25.7. The zero-order valence-electron chi connectivity index (χ0n) is 18.3. The lowest BCUT2D eigenvalue weighted by atomic mass is 9.76. The zero-order valence-corrected chi connectivity index (χ0v) is 18.3. The Morgan fingerprint density at radius 1 is 0.742 bits per heavy atom. The van der Waals surface area contributed by atoms with E-state index in [-0.39, 0.29) is 0 Å². The number of hydrogen-bond donors (Lipinski definition) is 0. The quantitative estimate of drug-likeness (QED) is 0.448. The minimum atomic E-state index is -2.93.